The molecule has 4 nitrogen and oxygen atoms in total. The second-order valence-corrected chi connectivity index (χ2v) is 5.18. The Hall–Kier alpha value is -1.08. The second-order valence-electron chi connectivity index (χ2n) is 5.18. The van der Waals surface area contributed by atoms with E-state index < -0.39 is 0 Å². The van der Waals surface area contributed by atoms with Crippen LogP contribution in [0.4, 0.5) is 0 Å². The van der Waals surface area contributed by atoms with Crippen molar-refractivity contribution < 1.29 is 4.79 Å². The van der Waals surface area contributed by atoms with E-state index in [0.717, 1.165) is 32.4 Å². The van der Waals surface area contributed by atoms with Crippen molar-refractivity contribution in [1.82, 2.24) is 10.2 Å². The highest BCUT2D eigenvalue weighted by Gasteiger charge is 2.15. The number of carbonyl (C=O) groups excluding carboxylic acids is 1. The van der Waals surface area contributed by atoms with Gasteiger partial charge in [-0.2, -0.15) is 5.26 Å². The summed E-state index contributed by atoms with van der Waals surface area (Å²) in [5.41, 5.74) is -0.208. The minimum Gasteiger partial charge on any atom is -0.359 e. The summed E-state index contributed by atoms with van der Waals surface area (Å²) in [5.74, 6) is 0.0856. The maximum absolute atomic E-state index is 11.0. The highest BCUT2D eigenvalue weighted by atomic mass is 16.1. The van der Waals surface area contributed by atoms with Crippen LogP contribution in [-0.4, -0.2) is 38.0 Å². The van der Waals surface area contributed by atoms with E-state index in [1.807, 2.05) is 20.9 Å². The SMILES string of the molecule is CNC(=O)CCN(C)CCCCC(C)(C)C#N. The summed E-state index contributed by atoms with van der Waals surface area (Å²) >= 11 is 0. The number of carbonyl (C=O) groups is 1. The number of nitrogens with zero attached hydrogens (tertiary/aromatic N) is 2. The maximum Gasteiger partial charge on any atom is 0.221 e. The van der Waals surface area contributed by atoms with Gasteiger partial charge in [0, 0.05) is 20.0 Å². The largest absolute Gasteiger partial charge is 0.359 e. The first-order valence-electron chi connectivity index (χ1n) is 6.21. The van der Waals surface area contributed by atoms with Gasteiger partial charge in [-0.3, -0.25) is 4.79 Å². The van der Waals surface area contributed by atoms with Crippen molar-refractivity contribution >= 4 is 5.91 Å². The lowest BCUT2D eigenvalue weighted by Gasteiger charge is -2.18. The highest BCUT2D eigenvalue weighted by molar-refractivity contribution is 5.75. The molecular weight excluding hydrogens is 214 g/mol. The van der Waals surface area contributed by atoms with Crippen molar-refractivity contribution in [2.75, 3.05) is 27.2 Å². The number of hydrogen-bond acceptors (Lipinski definition) is 3. The van der Waals surface area contributed by atoms with Gasteiger partial charge in [-0.1, -0.05) is 6.42 Å². The molecule has 17 heavy (non-hydrogen) atoms. The van der Waals surface area contributed by atoms with Crippen molar-refractivity contribution in [2.45, 2.75) is 39.5 Å². The summed E-state index contributed by atoms with van der Waals surface area (Å²) in [7, 11) is 3.69. The summed E-state index contributed by atoms with van der Waals surface area (Å²) in [6, 6.07) is 2.31. The predicted octanol–water partition coefficient (Wildman–Crippen LogP) is 1.77. The first kappa shape index (κ1) is 15.9. The van der Waals surface area contributed by atoms with Gasteiger partial charge in [0.25, 0.3) is 0 Å². The number of nitrogens with one attached hydrogen (secondary N) is 1. The zero-order valence-corrected chi connectivity index (χ0v) is 11.5. The van der Waals surface area contributed by atoms with Crippen molar-refractivity contribution in [3.63, 3.8) is 0 Å². The number of hydrogen-bond donors (Lipinski definition) is 1. The normalized spacial score (nSPS) is 11.3. The molecular formula is C13H25N3O. The van der Waals surface area contributed by atoms with E-state index >= 15 is 0 Å². The molecule has 1 amide bonds. The predicted molar refractivity (Wildman–Crippen MR) is 69.4 cm³/mol. The van der Waals surface area contributed by atoms with Gasteiger partial charge < -0.3 is 10.2 Å². The lowest BCUT2D eigenvalue weighted by atomic mass is 9.89. The van der Waals surface area contributed by atoms with Crippen molar-refractivity contribution in [3.8, 4) is 6.07 Å². The summed E-state index contributed by atoms with van der Waals surface area (Å²) in [6.07, 6.45) is 3.63. The molecule has 0 aliphatic heterocycles. The minimum absolute atomic E-state index is 0.0856. The molecule has 0 heterocycles. The van der Waals surface area contributed by atoms with Crippen LogP contribution in [0, 0.1) is 16.7 Å². The molecule has 4 heteroatoms. The van der Waals surface area contributed by atoms with Gasteiger partial charge in [-0.05, 0) is 40.3 Å². The quantitative estimate of drug-likeness (QED) is 0.657. The molecule has 0 bridgehead atoms. The van der Waals surface area contributed by atoms with Crippen LogP contribution in [0.25, 0.3) is 0 Å². The summed E-state index contributed by atoms with van der Waals surface area (Å²) in [6.45, 7) is 5.73. The van der Waals surface area contributed by atoms with E-state index in [9.17, 15) is 4.79 Å². The lowest BCUT2D eigenvalue weighted by molar-refractivity contribution is -0.120. The third kappa shape index (κ3) is 8.70. The van der Waals surface area contributed by atoms with Gasteiger partial charge in [0.2, 0.25) is 5.91 Å². The summed E-state index contributed by atoms with van der Waals surface area (Å²) in [5, 5.41) is 11.5. The van der Waals surface area contributed by atoms with Crippen LogP contribution >= 0.6 is 0 Å². The van der Waals surface area contributed by atoms with Crippen molar-refractivity contribution in [2.24, 2.45) is 5.41 Å². The van der Waals surface area contributed by atoms with Crippen LogP contribution in [0.5, 0.6) is 0 Å². The molecule has 0 aromatic rings. The molecule has 1 N–H and O–H groups in total. The molecule has 0 aromatic carbocycles. The summed E-state index contributed by atoms with van der Waals surface area (Å²) in [4.78, 5) is 13.2. The fourth-order valence-corrected chi connectivity index (χ4v) is 1.53. The topological polar surface area (TPSA) is 56.1 Å². The number of nitriles is 1. The van der Waals surface area contributed by atoms with Gasteiger partial charge in [0.1, 0.15) is 0 Å². The molecule has 0 saturated carbocycles. The Labute approximate surface area is 105 Å². The van der Waals surface area contributed by atoms with E-state index in [4.69, 9.17) is 5.26 Å². The monoisotopic (exact) mass is 239 g/mol. The number of amides is 1. The second kappa shape index (κ2) is 8.08. The lowest BCUT2D eigenvalue weighted by Crippen LogP contribution is -2.27. The molecule has 0 unspecified atom stereocenters. The first-order valence-corrected chi connectivity index (χ1v) is 6.21. The van der Waals surface area contributed by atoms with Gasteiger partial charge in [0.05, 0.1) is 11.5 Å². The van der Waals surface area contributed by atoms with E-state index in [2.05, 4.69) is 16.3 Å². The number of rotatable bonds is 8. The zero-order chi connectivity index (χ0) is 13.3. The Morgan fingerprint density at radius 1 is 1.35 bits per heavy atom. The van der Waals surface area contributed by atoms with Crippen molar-refractivity contribution in [1.29, 1.82) is 5.26 Å². The maximum atomic E-state index is 11.0. The van der Waals surface area contributed by atoms with Crippen molar-refractivity contribution in [3.05, 3.63) is 0 Å². The highest BCUT2D eigenvalue weighted by Crippen LogP contribution is 2.21. The van der Waals surface area contributed by atoms with Crippen LogP contribution in [0.15, 0.2) is 0 Å². The van der Waals surface area contributed by atoms with Gasteiger partial charge in [0.15, 0.2) is 0 Å². The molecule has 0 radical (unpaired) electrons. The fraction of sp³-hybridized carbons (Fsp3) is 0.846. The molecule has 0 aromatic heterocycles. The Morgan fingerprint density at radius 3 is 2.53 bits per heavy atom. The van der Waals surface area contributed by atoms with Crippen LogP contribution in [0.2, 0.25) is 0 Å². The van der Waals surface area contributed by atoms with E-state index in [-0.39, 0.29) is 11.3 Å². The summed E-state index contributed by atoms with van der Waals surface area (Å²) < 4.78 is 0. The average molecular weight is 239 g/mol. The first-order chi connectivity index (χ1) is 7.91. The zero-order valence-electron chi connectivity index (χ0n) is 11.5. The Balaban J connectivity index is 3.56. The molecule has 0 saturated heterocycles. The molecule has 0 aliphatic carbocycles. The molecule has 0 spiro atoms. The van der Waals surface area contributed by atoms with Crippen LogP contribution in [-0.2, 0) is 4.79 Å². The van der Waals surface area contributed by atoms with E-state index in [1.54, 1.807) is 7.05 Å². The van der Waals surface area contributed by atoms with E-state index in [0.29, 0.717) is 6.42 Å². The number of unbranched alkanes of at least 4 members (excludes halogenated alkanes) is 1. The molecule has 0 rings (SSSR count). The molecule has 0 aliphatic rings. The third-order valence-electron chi connectivity index (χ3n) is 2.89. The molecule has 98 valence electrons. The molecule has 0 fully saturated rings. The van der Waals surface area contributed by atoms with Gasteiger partial charge >= 0.3 is 0 Å². The van der Waals surface area contributed by atoms with E-state index in [1.165, 1.54) is 0 Å². The average Bonchev–Trinajstić information content (AvgIpc) is 2.31. The van der Waals surface area contributed by atoms with Crippen LogP contribution < -0.4 is 5.32 Å². The minimum atomic E-state index is -0.208. The van der Waals surface area contributed by atoms with Crippen LogP contribution in [0.1, 0.15) is 39.5 Å². The fourth-order valence-electron chi connectivity index (χ4n) is 1.53. The standard InChI is InChI=1S/C13H25N3O/c1-13(2,11-14)8-5-6-9-16(4)10-7-12(17)15-3/h5-10H2,1-4H3,(H,15,17). The van der Waals surface area contributed by atoms with Crippen LogP contribution in [0.3, 0.4) is 0 Å². The van der Waals surface area contributed by atoms with Gasteiger partial charge in [-0.25, -0.2) is 0 Å². The smallest absolute Gasteiger partial charge is 0.221 e. The third-order valence-corrected chi connectivity index (χ3v) is 2.89. The van der Waals surface area contributed by atoms with Gasteiger partial charge in [-0.15, -0.1) is 0 Å². The Bertz CT molecular complexity index is 268. The Morgan fingerprint density at radius 2 is 2.00 bits per heavy atom. The Kier molecular flexibility index (Phi) is 7.56. The molecule has 0 atom stereocenters.